The maximum absolute atomic E-state index is 13.5. The SMILES string of the molecule is CCC(C)(C)NC(=O)C(c1sccc1C)N(C(=O)c1csnn1)c1ccccc1. The molecule has 29 heavy (non-hydrogen) atoms. The monoisotopic (exact) mass is 428 g/mol. The number of amides is 2. The number of benzene rings is 1. The lowest BCUT2D eigenvalue weighted by Gasteiger charge is -2.34. The highest BCUT2D eigenvalue weighted by molar-refractivity contribution is 7.10. The molecule has 0 saturated heterocycles. The van der Waals surface area contributed by atoms with Gasteiger partial charge in [0.2, 0.25) is 5.91 Å². The van der Waals surface area contributed by atoms with Crippen LogP contribution in [0.25, 0.3) is 0 Å². The van der Waals surface area contributed by atoms with Gasteiger partial charge in [-0.15, -0.1) is 16.4 Å². The van der Waals surface area contributed by atoms with E-state index >= 15 is 0 Å². The summed E-state index contributed by atoms with van der Waals surface area (Å²) in [5.74, 6) is -0.574. The number of hydrogen-bond acceptors (Lipinski definition) is 6. The smallest absolute Gasteiger partial charge is 0.280 e. The van der Waals surface area contributed by atoms with Crippen molar-refractivity contribution in [3.05, 3.63) is 63.3 Å². The molecule has 0 bridgehead atoms. The summed E-state index contributed by atoms with van der Waals surface area (Å²) in [6.07, 6.45) is 0.768. The van der Waals surface area contributed by atoms with Crippen LogP contribution in [0.1, 0.15) is 54.2 Å². The largest absolute Gasteiger partial charge is 0.349 e. The Hall–Kier alpha value is -2.58. The zero-order chi connectivity index (χ0) is 21.0. The van der Waals surface area contributed by atoms with Gasteiger partial charge in [-0.05, 0) is 67.9 Å². The highest BCUT2D eigenvalue weighted by atomic mass is 32.1. The molecule has 1 atom stereocenters. The van der Waals surface area contributed by atoms with Crippen molar-refractivity contribution in [2.75, 3.05) is 4.90 Å². The van der Waals surface area contributed by atoms with Crippen LogP contribution in [0.15, 0.2) is 47.2 Å². The first kappa shape index (κ1) is 21.1. The Balaban J connectivity index is 2.14. The van der Waals surface area contributed by atoms with Gasteiger partial charge in [0.15, 0.2) is 11.7 Å². The molecule has 0 spiro atoms. The Bertz CT molecular complexity index is 968. The predicted octanol–water partition coefficient (Wildman–Crippen LogP) is 4.60. The first-order valence-corrected chi connectivity index (χ1v) is 11.1. The van der Waals surface area contributed by atoms with Crippen LogP contribution in [0.4, 0.5) is 5.69 Å². The molecule has 152 valence electrons. The first-order valence-electron chi connectivity index (χ1n) is 9.35. The van der Waals surface area contributed by atoms with Crippen LogP contribution in [0.2, 0.25) is 0 Å². The normalized spacial score (nSPS) is 12.4. The fourth-order valence-corrected chi connectivity index (χ4v) is 4.31. The lowest BCUT2D eigenvalue weighted by atomic mass is 10.00. The van der Waals surface area contributed by atoms with E-state index in [2.05, 4.69) is 14.9 Å². The number of anilines is 1. The number of carbonyl (C=O) groups is 2. The van der Waals surface area contributed by atoms with Crippen LogP contribution in [-0.2, 0) is 4.79 Å². The van der Waals surface area contributed by atoms with Gasteiger partial charge < -0.3 is 5.32 Å². The third kappa shape index (κ3) is 4.71. The van der Waals surface area contributed by atoms with Crippen molar-refractivity contribution < 1.29 is 9.59 Å². The average molecular weight is 429 g/mol. The van der Waals surface area contributed by atoms with E-state index in [9.17, 15) is 9.59 Å². The van der Waals surface area contributed by atoms with Crippen LogP contribution in [0, 0.1) is 6.92 Å². The van der Waals surface area contributed by atoms with Crippen molar-refractivity contribution in [3.8, 4) is 0 Å². The van der Waals surface area contributed by atoms with Crippen LogP contribution >= 0.6 is 22.9 Å². The van der Waals surface area contributed by atoms with Gasteiger partial charge in [-0.25, -0.2) is 0 Å². The first-order chi connectivity index (χ1) is 13.8. The average Bonchev–Trinajstić information content (AvgIpc) is 3.38. The summed E-state index contributed by atoms with van der Waals surface area (Å²) in [5.41, 5.74) is 1.43. The highest BCUT2D eigenvalue weighted by Gasteiger charge is 2.37. The quantitative estimate of drug-likeness (QED) is 0.597. The molecule has 0 aliphatic carbocycles. The number of nitrogens with one attached hydrogen (secondary N) is 1. The molecule has 0 aliphatic rings. The summed E-state index contributed by atoms with van der Waals surface area (Å²) in [6, 6.07) is 10.4. The molecule has 2 heterocycles. The summed E-state index contributed by atoms with van der Waals surface area (Å²) in [5, 5.41) is 10.6. The topological polar surface area (TPSA) is 75.2 Å². The molecule has 1 N–H and O–H groups in total. The number of nitrogens with zero attached hydrogens (tertiary/aromatic N) is 3. The van der Waals surface area contributed by atoms with E-state index in [1.54, 1.807) is 5.38 Å². The van der Waals surface area contributed by atoms with Crippen LogP contribution in [0.5, 0.6) is 0 Å². The van der Waals surface area contributed by atoms with Gasteiger partial charge in [0.05, 0.1) is 0 Å². The number of carbonyl (C=O) groups excluding carboxylic acids is 2. The summed E-state index contributed by atoms with van der Waals surface area (Å²) in [4.78, 5) is 29.3. The Morgan fingerprint density at radius 1 is 1.21 bits per heavy atom. The number of aromatic nitrogens is 2. The van der Waals surface area contributed by atoms with Crippen LogP contribution < -0.4 is 10.2 Å². The molecule has 3 rings (SSSR count). The molecule has 6 nitrogen and oxygen atoms in total. The molecule has 3 aromatic rings. The Morgan fingerprint density at radius 2 is 1.93 bits per heavy atom. The molecule has 2 amide bonds. The second kappa shape index (κ2) is 8.84. The van der Waals surface area contributed by atoms with Gasteiger partial charge >= 0.3 is 0 Å². The molecule has 1 aromatic carbocycles. The fourth-order valence-electron chi connectivity index (χ4n) is 2.86. The minimum Gasteiger partial charge on any atom is -0.349 e. The number of hydrogen-bond donors (Lipinski definition) is 1. The maximum atomic E-state index is 13.5. The fraction of sp³-hybridized carbons (Fsp3) is 0.333. The zero-order valence-corrected chi connectivity index (χ0v) is 18.5. The van der Waals surface area contributed by atoms with E-state index < -0.39 is 11.6 Å². The van der Waals surface area contributed by atoms with E-state index in [-0.39, 0.29) is 17.5 Å². The molecule has 1 unspecified atom stereocenters. The van der Waals surface area contributed by atoms with Crippen molar-refractivity contribution in [1.82, 2.24) is 14.9 Å². The molecule has 0 fully saturated rings. The van der Waals surface area contributed by atoms with Crippen molar-refractivity contribution in [2.24, 2.45) is 0 Å². The molecule has 8 heteroatoms. The second-order valence-electron chi connectivity index (χ2n) is 7.40. The molecule has 0 saturated carbocycles. The van der Waals surface area contributed by atoms with Crippen molar-refractivity contribution >= 4 is 40.4 Å². The van der Waals surface area contributed by atoms with Crippen molar-refractivity contribution in [1.29, 1.82) is 0 Å². The number of rotatable bonds is 7. The summed E-state index contributed by atoms with van der Waals surface area (Å²) in [7, 11) is 0. The second-order valence-corrected chi connectivity index (χ2v) is 8.96. The lowest BCUT2D eigenvalue weighted by Crippen LogP contribution is -2.50. The maximum Gasteiger partial charge on any atom is 0.280 e. The number of para-hydroxylation sites is 1. The van der Waals surface area contributed by atoms with Gasteiger partial charge in [0.1, 0.15) is 0 Å². The summed E-state index contributed by atoms with van der Waals surface area (Å²) in [6.45, 7) is 7.92. The molecule has 2 aromatic heterocycles. The Morgan fingerprint density at radius 3 is 2.48 bits per heavy atom. The number of aryl methyl sites for hydroxylation is 1. The van der Waals surface area contributed by atoms with E-state index in [0.717, 1.165) is 28.4 Å². The Kier molecular flexibility index (Phi) is 6.44. The van der Waals surface area contributed by atoms with Gasteiger partial charge in [0.25, 0.3) is 5.91 Å². The lowest BCUT2D eigenvalue weighted by molar-refractivity contribution is -0.124. The minimum absolute atomic E-state index is 0.220. The standard InChI is InChI=1S/C21H24N4O2S2/c1-5-21(3,4)22-19(26)17(18-14(2)11-12-28-18)25(15-9-7-6-8-10-15)20(27)16-13-29-24-23-16/h6-13,17H,5H2,1-4H3,(H,22,26). The zero-order valence-electron chi connectivity index (χ0n) is 16.9. The summed E-state index contributed by atoms with van der Waals surface area (Å²) >= 11 is 2.58. The van der Waals surface area contributed by atoms with E-state index in [1.165, 1.54) is 16.2 Å². The number of thiophene rings is 1. The van der Waals surface area contributed by atoms with Crippen LogP contribution in [0.3, 0.4) is 0 Å². The van der Waals surface area contributed by atoms with Gasteiger partial charge in [-0.2, -0.15) is 0 Å². The van der Waals surface area contributed by atoms with E-state index in [4.69, 9.17) is 0 Å². The third-order valence-electron chi connectivity index (χ3n) is 4.83. The predicted molar refractivity (Wildman–Crippen MR) is 117 cm³/mol. The van der Waals surface area contributed by atoms with Gasteiger partial charge in [-0.1, -0.05) is 29.6 Å². The summed E-state index contributed by atoms with van der Waals surface area (Å²) < 4.78 is 3.82. The van der Waals surface area contributed by atoms with Crippen LogP contribution in [-0.4, -0.2) is 26.9 Å². The van der Waals surface area contributed by atoms with E-state index in [1.807, 2.05) is 69.5 Å². The minimum atomic E-state index is -0.808. The molecular formula is C21H24N4O2S2. The van der Waals surface area contributed by atoms with E-state index in [0.29, 0.717) is 5.69 Å². The van der Waals surface area contributed by atoms with Gasteiger partial charge in [-0.3, -0.25) is 14.5 Å². The Labute approximate surface area is 178 Å². The van der Waals surface area contributed by atoms with Crippen molar-refractivity contribution in [2.45, 2.75) is 45.7 Å². The molecule has 0 aliphatic heterocycles. The highest BCUT2D eigenvalue weighted by Crippen LogP contribution is 2.34. The van der Waals surface area contributed by atoms with Crippen molar-refractivity contribution in [3.63, 3.8) is 0 Å². The molecule has 0 radical (unpaired) electrons. The molecular weight excluding hydrogens is 404 g/mol. The third-order valence-corrected chi connectivity index (χ3v) is 6.41. The van der Waals surface area contributed by atoms with Gasteiger partial charge in [0, 0.05) is 21.5 Å².